The van der Waals surface area contributed by atoms with Crippen molar-refractivity contribution >= 4 is 11.3 Å². The van der Waals surface area contributed by atoms with E-state index in [0.717, 1.165) is 13.0 Å². The fraction of sp³-hybridized carbons (Fsp3) is 0.812. The Morgan fingerprint density at radius 1 is 1.30 bits per heavy atom. The molecule has 0 bridgehead atoms. The normalized spacial score (nSPS) is 17.1. The molecule has 1 fully saturated rings. The molecule has 0 aliphatic heterocycles. The molecular formula is C16H28N2OS. The molecule has 1 heterocycles. The molecule has 20 heavy (non-hydrogen) atoms. The van der Waals surface area contributed by atoms with Gasteiger partial charge in [-0.25, -0.2) is 4.98 Å². The van der Waals surface area contributed by atoms with Gasteiger partial charge in [-0.05, 0) is 31.1 Å². The maximum absolute atomic E-state index is 5.69. The summed E-state index contributed by atoms with van der Waals surface area (Å²) < 4.78 is 5.69. The highest BCUT2D eigenvalue weighted by molar-refractivity contribution is 7.11. The first-order valence-electron chi connectivity index (χ1n) is 7.75. The largest absolute Gasteiger partial charge is 0.374 e. The van der Waals surface area contributed by atoms with Crippen molar-refractivity contribution in [2.45, 2.75) is 65.6 Å². The number of nitrogens with zero attached hydrogens (tertiary/aromatic N) is 1. The summed E-state index contributed by atoms with van der Waals surface area (Å²) in [6.45, 7) is 9.82. The molecule has 0 saturated heterocycles. The molecule has 0 radical (unpaired) electrons. The Balaban J connectivity index is 2.16. The van der Waals surface area contributed by atoms with Crippen molar-refractivity contribution in [1.82, 2.24) is 10.3 Å². The zero-order valence-corrected chi connectivity index (χ0v) is 14.2. The second-order valence-corrected chi connectivity index (χ2v) is 7.66. The molecule has 0 aromatic carbocycles. The average Bonchev–Trinajstić information content (AvgIpc) is 3.11. The van der Waals surface area contributed by atoms with E-state index in [1.54, 1.807) is 0 Å². The molecule has 114 valence electrons. The number of rotatable bonds is 8. The predicted molar refractivity (Wildman–Crippen MR) is 85.1 cm³/mol. The Bertz CT molecular complexity index is 424. The monoisotopic (exact) mass is 296 g/mol. The van der Waals surface area contributed by atoms with Gasteiger partial charge in [0.1, 0.15) is 11.1 Å². The van der Waals surface area contributed by atoms with Gasteiger partial charge >= 0.3 is 0 Å². The zero-order chi connectivity index (χ0) is 14.7. The molecule has 4 heteroatoms. The van der Waals surface area contributed by atoms with Crippen molar-refractivity contribution in [3.8, 4) is 0 Å². The summed E-state index contributed by atoms with van der Waals surface area (Å²) in [4.78, 5) is 6.31. The van der Waals surface area contributed by atoms with Gasteiger partial charge in [0.15, 0.2) is 0 Å². The molecule has 1 aliphatic rings. The molecule has 0 spiro atoms. The summed E-state index contributed by atoms with van der Waals surface area (Å²) in [7, 11) is 1.82. The second-order valence-electron chi connectivity index (χ2n) is 6.55. The summed E-state index contributed by atoms with van der Waals surface area (Å²) in [6.07, 6.45) is 3.86. The standard InChI is InChI=1S/C16H28N2OS/c1-10(2)8-13-14(9-17-11(3)4)20-16(18-13)15(19-5)12-6-7-12/h10-12,15,17H,6-9H2,1-5H3. The molecule has 3 nitrogen and oxygen atoms in total. The van der Waals surface area contributed by atoms with Crippen LogP contribution in [0.4, 0.5) is 0 Å². The van der Waals surface area contributed by atoms with Crippen LogP contribution in [0, 0.1) is 11.8 Å². The Morgan fingerprint density at radius 3 is 2.50 bits per heavy atom. The third kappa shape index (κ3) is 4.27. The SMILES string of the molecule is COC(c1nc(CC(C)C)c(CNC(C)C)s1)C1CC1. The van der Waals surface area contributed by atoms with Crippen LogP contribution in [0.5, 0.6) is 0 Å². The molecule has 1 saturated carbocycles. The molecular weight excluding hydrogens is 268 g/mol. The van der Waals surface area contributed by atoms with Gasteiger partial charge in [-0.3, -0.25) is 0 Å². The van der Waals surface area contributed by atoms with Gasteiger partial charge in [-0.2, -0.15) is 0 Å². The van der Waals surface area contributed by atoms with Crippen LogP contribution in [-0.4, -0.2) is 18.1 Å². The maximum Gasteiger partial charge on any atom is 0.122 e. The lowest BCUT2D eigenvalue weighted by Crippen LogP contribution is -2.22. The quantitative estimate of drug-likeness (QED) is 0.789. The van der Waals surface area contributed by atoms with Gasteiger partial charge in [0.2, 0.25) is 0 Å². The van der Waals surface area contributed by atoms with E-state index in [9.17, 15) is 0 Å². The average molecular weight is 296 g/mol. The van der Waals surface area contributed by atoms with Crippen molar-refractivity contribution in [2.24, 2.45) is 11.8 Å². The number of aromatic nitrogens is 1. The van der Waals surface area contributed by atoms with Crippen LogP contribution in [0.3, 0.4) is 0 Å². The van der Waals surface area contributed by atoms with Crippen LogP contribution in [0.1, 0.15) is 62.2 Å². The van der Waals surface area contributed by atoms with Gasteiger partial charge in [-0.1, -0.05) is 27.7 Å². The minimum Gasteiger partial charge on any atom is -0.374 e. The lowest BCUT2D eigenvalue weighted by atomic mass is 10.1. The van der Waals surface area contributed by atoms with Crippen molar-refractivity contribution in [3.05, 3.63) is 15.6 Å². The lowest BCUT2D eigenvalue weighted by Gasteiger charge is -2.10. The minimum absolute atomic E-state index is 0.221. The number of hydrogen-bond acceptors (Lipinski definition) is 4. The fourth-order valence-electron chi connectivity index (χ4n) is 2.40. The minimum atomic E-state index is 0.221. The highest BCUT2D eigenvalue weighted by atomic mass is 32.1. The van der Waals surface area contributed by atoms with E-state index in [0.29, 0.717) is 17.9 Å². The van der Waals surface area contributed by atoms with Gasteiger partial charge in [0.05, 0.1) is 5.69 Å². The number of thiazole rings is 1. The molecule has 1 atom stereocenters. The number of nitrogens with one attached hydrogen (secondary N) is 1. The predicted octanol–water partition coefficient (Wildman–Crippen LogP) is 3.94. The summed E-state index contributed by atoms with van der Waals surface area (Å²) in [5, 5.41) is 4.71. The Morgan fingerprint density at radius 2 is 2.00 bits per heavy atom. The first-order valence-corrected chi connectivity index (χ1v) is 8.57. The third-order valence-corrected chi connectivity index (χ3v) is 4.77. The van der Waals surface area contributed by atoms with E-state index in [-0.39, 0.29) is 6.10 Å². The van der Waals surface area contributed by atoms with Crippen LogP contribution in [0.25, 0.3) is 0 Å². The first kappa shape index (κ1) is 15.9. The van der Waals surface area contributed by atoms with Gasteiger partial charge in [0.25, 0.3) is 0 Å². The molecule has 1 aliphatic carbocycles. The highest BCUT2D eigenvalue weighted by Crippen LogP contribution is 2.44. The molecule has 1 N–H and O–H groups in total. The second kappa shape index (κ2) is 7.01. The van der Waals surface area contributed by atoms with Crippen LogP contribution >= 0.6 is 11.3 Å². The number of hydrogen-bond donors (Lipinski definition) is 1. The topological polar surface area (TPSA) is 34.1 Å². The van der Waals surface area contributed by atoms with Crippen molar-refractivity contribution < 1.29 is 4.74 Å². The lowest BCUT2D eigenvalue weighted by molar-refractivity contribution is 0.0842. The van der Waals surface area contributed by atoms with Crippen LogP contribution in [0.15, 0.2) is 0 Å². The molecule has 1 aromatic rings. The third-order valence-electron chi connectivity index (χ3n) is 3.61. The molecule has 1 aromatic heterocycles. The fourth-order valence-corrected chi connectivity index (χ4v) is 3.62. The van der Waals surface area contributed by atoms with E-state index in [1.165, 1.54) is 28.4 Å². The summed E-state index contributed by atoms with van der Waals surface area (Å²) >= 11 is 1.85. The van der Waals surface area contributed by atoms with E-state index < -0.39 is 0 Å². The molecule has 2 rings (SSSR count). The van der Waals surface area contributed by atoms with Crippen molar-refractivity contribution in [2.75, 3.05) is 7.11 Å². The zero-order valence-electron chi connectivity index (χ0n) is 13.4. The number of methoxy groups -OCH3 is 1. The van der Waals surface area contributed by atoms with E-state index >= 15 is 0 Å². The molecule has 0 amide bonds. The highest BCUT2D eigenvalue weighted by Gasteiger charge is 2.35. The summed E-state index contributed by atoms with van der Waals surface area (Å²) in [5.41, 5.74) is 1.27. The Labute approximate surface area is 127 Å². The maximum atomic E-state index is 5.69. The van der Waals surface area contributed by atoms with Gasteiger partial charge in [-0.15, -0.1) is 11.3 Å². The van der Waals surface area contributed by atoms with Gasteiger partial charge < -0.3 is 10.1 Å². The Hall–Kier alpha value is -0.450. The van der Waals surface area contributed by atoms with E-state index in [4.69, 9.17) is 9.72 Å². The molecule has 1 unspecified atom stereocenters. The van der Waals surface area contributed by atoms with E-state index in [1.807, 2.05) is 18.4 Å². The summed E-state index contributed by atoms with van der Waals surface area (Å²) in [6, 6.07) is 0.508. The van der Waals surface area contributed by atoms with Crippen LogP contribution < -0.4 is 5.32 Å². The summed E-state index contributed by atoms with van der Waals surface area (Å²) in [5.74, 6) is 1.34. The van der Waals surface area contributed by atoms with Crippen LogP contribution in [0.2, 0.25) is 0 Å². The Kier molecular flexibility index (Phi) is 5.58. The smallest absolute Gasteiger partial charge is 0.122 e. The number of ether oxygens (including phenoxy) is 1. The van der Waals surface area contributed by atoms with Crippen molar-refractivity contribution in [1.29, 1.82) is 0 Å². The van der Waals surface area contributed by atoms with Crippen LogP contribution in [-0.2, 0) is 17.7 Å². The van der Waals surface area contributed by atoms with Gasteiger partial charge in [0, 0.05) is 24.6 Å². The van der Waals surface area contributed by atoms with Crippen molar-refractivity contribution in [3.63, 3.8) is 0 Å². The first-order chi connectivity index (χ1) is 9.51. The van der Waals surface area contributed by atoms with E-state index in [2.05, 4.69) is 33.0 Å².